The molecular formula is C13H15ClN2O2. The quantitative estimate of drug-likeness (QED) is 0.927. The van der Waals surface area contributed by atoms with E-state index in [0.29, 0.717) is 11.6 Å². The van der Waals surface area contributed by atoms with Gasteiger partial charge < -0.3 is 15.2 Å². The number of anilines is 1. The summed E-state index contributed by atoms with van der Waals surface area (Å²) in [5.41, 5.74) is 7.11. The molecule has 1 heterocycles. The molecule has 0 atom stereocenters. The Hall–Kier alpha value is -1.94. The van der Waals surface area contributed by atoms with Crippen LogP contribution in [0.2, 0.25) is 0 Å². The van der Waals surface area contributed by atoms with Crippen LogP contribution in [0.4, 0.5) is 5.69 Å². The molecule has 0 amide bonds. The summed E-state index contributed by atoms with van der Waals surface area (Å²) >= 11 is 0. The van der Waals surface area contributed by atoms with Crippen molar-refractivity contribution in [3.63, 3.8) is 0 Å². The lowest BCUT2D eigenvalue weighted by atomic mass is 10.2. The van der Waals surface area contributed by atoms with Crippen LogP contribution in [0.25, 0.3) is 0 Å². The summed E-state index contributed by atoms with van der Waals surface area (Å²) in [6.07, 6.45) is 1.56. The zero-order valence-corrected chi connectivity index (χ0v) is 11.0. The van der Waals surface area contributed by atoms with Gasteiger partial charge in [-0.3, -0.25) is 0 Å². The molecule has 1 aromatic carbocycles. The zero-order valence-electron chi connectivity index (χ0n) is 10.2. The van der Waals surface area contributed by atoms with Gasteiger partial charge in [-0.25, -0.2) is 4.98 Å². The first-order valence-corrected chi connectivity index (χ1v) is 5.23. The molecule has 18 heavy (non-hydrogen) atoms. The fourth-order valence-corrected chi connectivity index (χ4v) is 1.49. The summed E-state index contributed by atoms with van der Waals surface area (Å²) in [6.45, 7) is 1.94. The highest BCUT2D eigenvalue weighted by Crippen LogP contribution is 2.30. The molecule has 2 aromatic rings. The van der Waals surface area contributed by atoms with E-state index in [2.05, 4.69) is 4.98 Å². The van der Waals surface area contributed by atoms with Gasteiger partial charge >= 0.3 is 0 Å². The molecule has 0 aliphatic rings. The number of pyridine rings is 1. The third-order valence-corrected chi connectivity index (χ3v) is 2.43. The number of nitrogens with zero attached hydrogens (tertiary/aromatic N) is 1. The number of benzene rings is 1. The van der Waals surface area contributed by atoms with Gasteiger partial charge in [0.1, 0.15) is 11.5 Å². The minimum atomic E-state index is 0. The largest absolute Gasteiger partial charge is 0.496 e. The number of halogens is 1. The van der Waals surface area contributed by atoms with Gasteiger partial charge in [-0.05, 0) is 25.1 Å². The molecule has 0 radical (unpaired) electrons. The van der Waals surface area contributed by atoms with E-state index < -0.39 is 0 Å². The highest BCUT2D eigenvalue weighted by Gasteiger charge is 2.06. The Balaban J connectivity index is 0.00000162. The van der Waals surface area contributed by atoms with Crippen molar-refractivity contribution in [1.82, 2.24) is 4.98 Å². The average molecular weight is 267 g/mol. The number of hydrogen-bond donors (Lipinski definition) is 1. The molecule has 96 valence electrons. The molecule has 0 saturated heterocycles. The first-order chi connectivity index (χ1) is 8.20. The number of nitrogen functional groups attached to an aromatic ring is 1. The van der Waals surface area contributed by atoms with E-state index in [-0.39, 0.29) is 12.4 Å². The first kappa shape index (κ1) is 14.1. The highest BCUT2D eigenvalue weighted by atomic mass is 35.5. The van der Waals surface area contributed by atoms with Crippen molar-refractivity contribution >= 4 is 18.1 Å². The van der Waals surface area contributed by atoms with E-state index in [0.717, 1.165) is 17.1 Å². The fraction of sp³-hybridized carbons (Fsp3) is 0.154. The second-order valence-corrected chi connectivity index (χ2v) is 3.62. The Bertz CT molecular complexity index is 515. The summed E-state index contributed by atoms with van der Waals surface area (Å²) in [6, 6.07) is 9.11. The Morgan fingerprint density at radius 3 is 2.44 bits per heavy atom. The molecule has 1 aromatic heterocycles. The molecule has 0 aliphatic heterocycles. The van der Waals surface area contributed by atoms with E-state index in [4.69, 9.17) is 15.2 Å². The minimum Gasteiger partial charge on any atom is -0.496 e. The van der Waals surface area contributed by atoms with Gasteiger partial charge in [0.2, 0.25) is 5.88 Å². The summed E-state index contributed by atoms with van der Waals surface area (Å²) < 4.78 is 10.9. The standard InChI is InChI=1S/C13H14N2O2.ClH/c1-9-11(16-2)4-3-5-12(9)17-13-7-6-10(14)8-15-13;/h3-8H,14H2,1-2H3;1H. The number of aromatic nitrogens is 1. The Morgan fingerprint density at radius 1 is 1.11 bits per heavy atom. The topological polar surface area (TPSA) is 57.4 Å². The van der Waals surface area contributed by atoms with Crippen LogP contribution in [0.1, 0.15) is 5.56 Å². The monoisotopic (exact) mass is 266 g/mol. The van der Waals surface area contributed by atoms with Crippen molar-refractivity contribution in [3.8, 4) is 17.4 Å². The molecule has 0 bridgehead atoms. The van der Waals surface area contributed by atoms with Crippen molar-refractivity contribution in [3.05, 3.63) is 42.1 Å². The third-order valence-electron chi connectivity index (χ3n) is 2.43. The van der Waals surface area contributed by atoms with E-state index >= 15 is 0 Å². The molecular weight excluding hydrogens is 252 g/mol. The van der Waals surface area contributed by atoms with Crippen LogP contribution >= 0.6 is 12.4 Å². The maximum atomic E-state index is 5.66. The van der Waals surface area contributed by atoms with Gasteiger partial charge in [-0.1, -0.05) is 6.07 Å². The molecule has 5 heteroatoms. The van der Waals surface area contributed by atoms with E-state index in [1.165, 1.54) is 0 Å². The van der Waals surface area contributed by atoms with Crippen LogP contribution in [-0.2, 0) is 0 Å². The number of nitrogens with two attached hydrogens (primary N) is 1. The van der Waals surface area contributed by atoms with Crippen molar-refractivity contribution in [2.45, 2.75) is 6.92 Å². The maximum Gasteiger partial charge on any atom is 0.219 e. The van der Waals surface area contributed by atoms with Crippen LogP contribution in [0.15, 0.2) is 36.5 Å². The Morgan fingerprint density at radius 2 is 1.83 bits per heavy atom. The molecule has 0 saturated carbocycles. The predicted molar refractivity (Wildman–Crippen MR) is 73.7 cm³/mol. The maximum absolute atomic E-state index is 5.66. The Labute approximate surface area is 112 Å². The normalized spacial score (nSPS) is 9.44. The summed E-state index contributed by atoms with van der Waals surface area (Å²) in [5, 5.41) is 0. The molecule has 2 N–H and O–H groups in total. The lowest BCUT2D eigenvalue weighted by Crippen LogP contribution is -1.94. The van der Waals surface area contributed by atoms with Gasteiger partial charge in [0, 0.05) is 11.6 Å². The summed E-state index contributed by atoms with van der Waals surface area (Å²) in [5.74, 6) is 2.02. The SMILES string of the molecule is COc1cccc(Oc2ccc(N)cn2)c1C.Cl. The van der Waals surface area contributed by atoms with Crippen LogP contribution in [-0.4, -0.2) is 12.1 Å². The average Bonchev–Trinajstić information content (AvgIpc) is 2.35. The van der Waals surface area contributed by atoms with Crippen molar-refractivity contribution in [2.24, 2.45) is 0 Å². The van der Waals surface area contributed by atoms with Crippen molar-refractivity contribution < 1.29 is 9.47 Å². The van der Waals surface area contributed by atoms with E-state index in [1.54, 1.807) is 25.4 Å². The minimum absolute atomic E-state index is 0. The van der Waals surface area contributed by atoms with E-state index in [1.807, 2.05) is 25.1 Å². The van der Waals surface area contributed by atoms with Crippen molar-refractivity contribution in [2.75, 3.05) is 12.8 Å². The fourth-order valence-electron chi connectivity index (χ4n) is 1.49. The predicted octanol–water partition coefficient (Wildman–Crippen LogP) is 3.19. The Kier molecular flexibility index (Phi) is 4.80. The van der Waals surface area contributed by atoms with Gasteiger partial charge in [0.15, 0.2) is 0 Å². The van der Waals surface area contributed by atoms with Gasteiger partial charge in [0.25, 0.3) is 0 Å². The smallest absolute Gasteiger partial charge is 0.219 e. The summed E-state index contributed by atoms with van der Waals surface area (Å²) in [7, 11) is 1.63. The van der Waals surface area contributed by atoms with Crippen LogP contribution < -0.4 is 15.2 Å². The second kappa shape index (κ2) is 6.12. The van der Waals surface area contributed by atoms with Gasteiger partial charge in [-0.2, -0.15) is 0 Å². The van der Waals surface area contributed by atoms with Crippen LogP contribution in [0, 0.1) is 6.92 Å². The number of methoxy groups -OCH3 is 1. The molecule has 2 rings (SSSR count). The lowest BCUT2D eigenvalue weighted by Gasteiger charge is -2.10. The van der Waals surface area contributed by atoms with Gasteiger partial charge in [-0.15, -0.1) is 12.4 Å². The summed E-state index contributed by atoms with van der Waals surface area (Å²) in [4.78, 5) is 4.08. The van der Waals surface area contributed by atoms with Gasteiger partial charge in [0.05, 0.1) is 19.0 Å². The number of rotatable bonds is 3. The number of hydrogen-bond acceptors (Lipinski definition) is 4. The van der Waals surface area contributed by atoms with Crippen molar-refractivity contribution in [1.29, 1.82) is 0 Å². The zero-order chi connectivity index (χ0) is 12.3. The third kappa shape index (κ3) is 3.05. The molecule has 4 nitrogen and oxygen atoms in total. The number of ether oxygens (including phenoxy) is 2. The molecule has 0 unspecified atom stereocenters. The second-order valence-electron chi connectivity index (χ2n) is 3.62. The van der Waals surface area contributed by atoms with Crippen LogP contribution in [0.3, 0.4) is 0 Å². The highest BCUT2D eigenvalue weighted by molar-refractivity contribution is 5.85. The van der Waals surface area contributed by atoms with E-state index in [9.17, 15) is 0 Å². The lowest BCUT2D eigenvalue weighted by molar-refractivity contribution is 0.402. The molecule has 0 fully saturated rings. The molecule has 0 spiro atoms. The first-order valence-electron chi connectivity index (χ1n) is 5.23. The molecule has 0 aliphatic carbocycles. The van der Waals surface area contributed by atoms with Crippen LogP contribution in [0.5, 0.6) is 17.4 Å².